The number of para-hydroxylation sites is 1. The van der Waals surface area contributed by atoms with Gasteiger partial charge >= 0.3 is 0 Å². The number of halogens is 1. The third kappa shape index (κ3) is 2.75. The van der Waals surface area contributed by atoms with Crippen LogP contribution in [0.5, 0.6) is 0 Å². The number of fused-ring (bicyclic) bond motifs is 1. The second-order valence-electron chi connectivity index (χ2n) is 5.35. The Morgan fingerprint density at radius 1 is 1.17 bits per heavy atom. The average molecular weight is 311 g/mol. The van der Waals surface area contributed by atoms with Crippen molar-refractivity contribution in [2.24, 2.45) is 0 Å². The van der Waals surface area contributed by atoms with Crippen LogP contribution in [-0.2, 0) is 0 Å². The molecule has 3 aromatic rings. The zero-order valence-electron chi connectivity index (χ0n) is 13.1. The van der Waals surface area contributed by atoms with Crippen molar-refractivity contribution in [3.8, 4) is 5.69 Å². The zero-order valence-corrected chi connectivity index (χ0v) is 13.1. The average Bonchev–Trinajstić information content (AvgIpc) is 2.57. The summed E-state index contributed by atoms with van der Waals surface area (Å²) in [7, 11) is 1.84. The van der Waals surface area contributed by atoms with Gasteiger partial charge in [-0.05, 0) is 49.9 Å². The molecule has 1 heterocycles. The van der Waals surface area contributed by atoms with Crippen molar-refractivity contribution in [1.29, 1.82) is 0 Å². The van der Waals surface area contributed by atoms with Crippen molar-refractivity contribution in [2.45, 2.75) is 19.4 Å². The second kappa shape index (κ2) is 6.30. The fourth-order valence-electron chi connectivity index (χ4n) is 2.74. The molecular weight excluding hydrogens is 293 g/mol. The summed E-state index contributed by atoms with van der Waals surface area (Å²) in [6.07, 6.45) is 0.780. The van der Waals surface area contributed by atoms with Crippen molar-refractivity contribution < 1.29 is 4.39 Å². The Morgan fingerprint density at radius 3 is 2.52 bits per heavy atom. The lowest BCUT2D eigenvalue weighted by Crippen LogP contribution is -2.29. The van der Waals surface area contributed by atoms with Crippen molar-refractivity contribution >= 4 is 10.9 Å². The molecule has 0 amide bonds. The first-order chi connectivity index (χ1) is 11.2. The van der Waals surface area contributed by atoms with Gasteiger partial charge in [-0.2, -0.15) is 0 Å². The molecule has 2 aromatic carbocycles. The van der Waals surface area contributed by atoms with Gasteiger partial charge in [0.1, 0.15) is 11.6 Å². The first kappa shape index (κ1) is 15.4. The molecule has 3 rings (SSSR count). The molecule has 0 radical (unpaired) electrons. The van der Waals surface area contributed by atoms with Gasteiger partial charge in [0.05, 0.1) is 22.6 Å². The van der Waals surface area contributed by atoms with Crippen LogP contribution in [0.1, 0.15) is 25.2 Å². The van der Waals surface area contributed by atoms with E-state index in [1.54, 1.807) is 22.8 Å². The summed E-state index contributed by atoms with van der Waals surface area (Å²) in [6, 6.07) is 13.1. The maximum atomic E-state index is 13.2. The molecule has 1 aromatic heterocycles. The Bertz CT molecular complexity index is 883. The quantitative estimate of drug-likeness (QED) is 0.805. The maximum Gasteiger partial charge on any atom is 0.266 e. The molecule has 0 unspecified atom stereocenters. The van der Waals surface area contributed by atoms with Gasteiger partial charge in [-0.3, -0.25) is 9.36 Å². The highest BCUT2D eigenvalue weighted by molar-refractivity contribution is 5.77. The van der Waals surface area contributed by atoms with Crippen molar-refractivity contribution in [3.05, 3.63) is 70.5 Å². The lowest BCUT2D eigenvalue weighted by Gasteiger charge is -2.20. The Hall–Kier alpha value is -2.53. The molecule has 0 bridgehead atoms. The molecule has 0 aliphatic carbocycles. The summed E-state index contributed by atoms with van der Waals surface area (Å²) in [5.41, 5.74) is 1.13. The smallest absolute Gasteiger partial charge is 0.266 e. The van der Waals surface area contributed by atoms with Crippen LogP contribution in [0.4, 0.5) is 4.39 Å². The number of nitrogens with zero attached hydrogens (tertiary/aromatic N) is 2. The highest BCUT2D eigenvalue weighted by Crippen LogP contribution is 2.20. The summed E-state index contributed by atoms with van der Waals surface area (Å²) in [5, 5.41) is 3.73. The molecule has 0 aliphatic rings. The van der Waals surface area contributed by atoms with Crippen LogP contribution in [0.3, 0.4) is 0 Å². The molecule has 0 aliphatic heterocycles. The predicted octanol–water partition coefficient (Wildman–Crippen LogP) is 3.20. The lowest BCUT2D eigenvalue weighted by atomic mass is 10.1. The van der Waals surface area contributed by atoms with E-state index in [2.05, 4.69) is 10.3 Å². The Morgan fingerprint density at radius 2 is 1.87 bits per heavy atom. The van der Waals surface area contributed by atoms with Crippen LogP contribution in [0, 0.1) is 5.82 Å². The van der Waals surface area contributed by atoms with Crippen LogP contribution in [-0.4, -0.2) is 16.6 Å². The van der Waals surface area contributed by atoms with E-state index in [1.165, 1.54) is 12.1 Å². The highest BCUT2D eigenvalue weighted by Gasteiger charge is 2.18. The molecule has 0 saturated heterocycles. The molecule has 0 saturated carbocycles. The first-order valence-corrected chi connectivity index (χ1v) is 7.60. The molecule has 23 heavy (non-hydrogen) atoms. The Balaban J connectivity index is 2.36. The van der Waals surface area contributed by atoms with Gasteiger partial charge in [0, 0.05) is 0 Å². The van der Waals surface area contributed by atoms with E-state index >= 15 is 0 Å². The van der Waals surface area contributed by atoms with Crippen molar-refractivity contribution in [3.63, 3.8) is 0 Å². The predicted molar refractivity (Wildman–Crippen MR) is 89.4 cm³/mol. The van der Waals surface area contributed by atoms with Gasteiger partial charge in [-0.15, -0.1) is 0 Å². The number of rotatable bonds is 4. The standard InChI is InChI=1S/C18H18FN3O/c1-3-15(20-2)17-21-16-7-5-4-6-14(16)18(23)22(17)13-10-8-12(19)9-11-13/h4-11,15,20H,3H2,1-2H3/t15-/m0/s1. The topological polar surface area (TPSA) is 46.9 Å². The minimum atomic E-state index is -0.335. The first-order valence-electron chi connectivity index (χ1n) is 7.60. The van der Waals surface area contributed by atoms with Gasteiger partial charge in [0.25, 0.3) is 5.56 Å². The fourth-order valence-corrected chi connectivity index (χ4v) is 2.74. The van der Waals surface area contributed by atoms with Gasteiger partial charge in [0.15, 0.2) is 0 Å². The van der Waals surface area contributed by atoms with Crippen LogP contribution >= 0.6 is 0 Å². The van der Waals surface area contributed by atoms with Crippen LogP contribution < -0.4 is 10.9 Å². The SMILES string of the molecule is CC[C@H](NC)c1nc2ccccc2c(=O)n1-c1ccc(F)cc1. The van der Waals surface area contributed by atoms with Crippen molar-refractivity contribution in [1.82, 2.24) is 14.9 Å². The van der Waals surface area contributed by atoms with Crippen LogP contribution in [0.25, 0.3) is 16.6 Å². The summed E-state index contributed by atoms with van der Waals surface area (Å²) >= 11 is 0. The van der Waals surface area contributed by atoms with E-state index in [9.17, 15) is 9.18 Å². The van der Waals surface area contributed by atoms with E-state index in [4.69, 9.17) is 0 Å². The lowest BCUT2D eigenvalue weighted by molar-refractivity contribution is 0.529. The minimum absolute atomic E-state index is 0.0719. The summed E-state index contributed by atoms with van der Waals surface area (Å²) in [6.45, 7) is 2.03. The zero-order chi connectivity index (χ0) is 16.4. The largest absolute Gasteiger partial charge is 0.310 e. The second-order valence-corrected chi connectivity index (χ2v) is 5.35. The van der Waals surface area contributed by atoms with Crippen molar-refractivity contribution in [2.75, 3.05) is 7.05 Å². The molecule has 0 fully saturated rings. The molecule has 1 atom stereocenters. The molecule has 1 N–H and O–H groups in total. The highest BCUT2D eigenvalue weighted by atomic mass is 19.1. The van der Waals surface area contributed by atoms with Gasteiger partial charge in [-0.25, -0.2) is 9.37 Å². The minimum Gasteiger partial charge on any atom is -0.310 e. The van der Waals surface area contributed by atoms with E-state index in [1.807, 2.05) is 32.2 Å². The number of hydrogen-bond donors (Lipinski definition) is 1. The molecular formula is C18H18FN3O. The number of benzene rings is 2. The molecule has 118 valence electrons. The van der Waals surface area contributed by atoms with Crippen LogP contribution in [0.2, 0.25) is 0 Å². The van der Waals surface area contributed by atoms with Gasteiger partial charge in [-0.1, -0.05) is 19.1 Å². The van der Waals surface area contributed by atoms with E-state index in [-0.39, 0.29) is 17.4 Å². The van der Waals surface area contributed by atoms with Gasteiger partial charge in [0.2, 0.25) is 0 Å². The van der Waals surface area contributed by atoms with Gasteiger partial charge < -0.3 is 5.32 Å². The Labute approximate surface area is 133 Å². The third-order valence-corrected chi connectivity index (χ3v) is 3.95. The van der Waals surface area contributed by atoms with E-state index < -0.39 is 0 Å². The summed E-state index contributed by atoms with van der Waals surface area (Å²) in [5.74, 6) is 0.295. The number of hydrogen-bond acceptors (Lipinski definition) is 3. The molecule has 0 spiro atoms. The summed E-state index contributed by atoms with van der Waals surface area (Å²) in [4.78, 5) is 17.7. The fraction of sp³-hybridized carbons (Fsp3) is 0.222. The van der Waals surface area contributed by atoms with E-state index in [0.717, 1.165) is 6.42 Å². The monoisotopic (exact) mass is 311 g/mol. The Kier molecular flexibility index (Phi) is 4.21. The maximum absolute atomic E-state index is 13.2. The normalized spacial score (nSPS) is 12.5. The number of aromatic nitrogens is 2. The van der Waals surface area contributed by atoms with E-state index in [0.29, 0.717) is 22.4 Å². The van der Waals surface area contributed by atoms with Crippen LogP contribution in [0.15, 0.2) is 53.3 Å². The summed E-state index contributed by atoms with van der Waals surface area (Å²) < 4.78 is 14.8. The number of nitrogens with one attached hydrogen (secondary N) is 1. The molecule has 4 nitrogen and oxygen atoms in total. The molecule has 5 heteroatoms. The third-order valence-electron chi connectivity index (χ3n) is 3.95.